The highest BCUT2D eigenvalue weighted by Crippen LogP contribution is 2.47. The number of aromatic nitrogens is 2. The first-order valence-electron chi connectivity index (χ1n) is 7.82. The number of hydrogen-bond acceptors (Lipinski definition) is 4. The summed E-state index contributed by atoms with van der Waals surface area (Å²) in [5.41, 5.74) is 10.7. The molecule has 1 unspecified atom stereocenters. The number of aromatic amines is 1. The number of aryl methyl sites for hydroxylation is 1. The third-order valence-corrected chi connectivity index (χ3v) is 4.62. The van der Waals surface area contributed by atoms with Crippen LogP contribution in [0, 0.1) is 6.92 Å². The number of hydrogen-bond donors (Lipinski definition) is 3. The van der Waals surface area contributed by atoms with E-state index >= 15 is 0 Å². The van der Waals surface area contributed by atoms with E-state index in [9.17, 15) is 5.11 Å². The molecule has 2 heterocycles. The number of benzene rings is 2. The van der Waals surface area contributed by atoms with Crippen molar-refractivity contribution in [2.75, 3.05) is 0 Å². The van der Waals surface area contributed by atoms with E-state index in [1.165, 1.54) is 0 Å². The zero-order chi connectivity index (χ0) is 17.6. The number of phenols is 1. The monoisotopic (exact) mass is 353 g/mol. The summed E-state index contributed by atoms with van der Waals surface area (Å²) < 4.78 is 5.75. The zero-order valence-corrected chi connectivity index (χ0v) is 14.2. The Morgan fingerprint density at radius 2 is 1.96 bits per heavy atom. The van der Waals surface area contributed by atoms with E-state index in [-0.39, 0.29) is 17.6 Å². The van der Waals surface area contributed by atoms with E-state index in [1.807, 2.05) is 43.3 Å². The van der Waals surface area contributed by atoms with Crippen molar-refractivity contribution in [2.45, 2.75) is 12.8 Å². The predicted molar refractivity (Wildman–Crippen MR) is 96.5 cm³/mol. The van der Waals surface area contributed by atoms with Gasteiger partial charge in [-0.15, -0.1) is 5.10 Å². The molecule has 4 N–H and O–H groups in total. The minimum Gasteiger partial charge on any atom is -0.508 e. The maximum atomic E-state index is 9.95. The van der Waals surface area contributed by atoms with Crippen molar-refractivity contribution < 1.29 is 9.84 Å². The molecule has 1 aliphatic rings. The fraction of sp³-hybridized carbons (Fsp3) is 0.105. The second-order valence-corrected chi connectivity index (χ2v) is 6.42. The Morgan fingerprint density at radius 3 is 2.68 bits per heavy atom. The lowest BCUT2D eigenvalue weighted by Crippen LogP contribution is -2.21. The number of nitrogens with two attached hydrogens (primary N) is 1. The molecule has 0 fully saturated rings. The van der Waals surface area contributed by atoms with Crippen molar-refractivity contribution in [1.82, 2.24) is 10.2 Å². The molecule has 25 heavy (non-hydrogen) atoms. The summed E-state index contributed by atoms with van der Waals surface area (Å²) in [5, 5.41) is 17.8. The molecule has 0 saturated carbocycles. The maximum Gasteiger partial charge on any atom is 0.244 e. The fourth-order valence-corrected chi connectivity index (χ4v) is 3.38. The third kappa shape index (κ3) is 2.62. The number of nitrogens with one attached hydrogen (secondary N) is 1. The van der Waals surface area contributed by atoms with Gasteiger partial charge in [-0.05, 0) is 42.3 Å². The van der Waals surface area contributed by atoms with E-state index in [4.69, 9.17) is 22.1 Å². The van der Waals surface area contributed by atoms with Crippen LogP contribution >= 0.6 is 11.6 Å². The molecular formula is C19H16ClN3O2. The SMILES string of the molecule is Cc1[nH]nc2c1C(c1cccc(O)c1)C(c1ccc(Cl)cc1)=C(N)O2. The van der Waals surface area contributed by atoms with Crippen LogP contribution in [0.25, 0.3) is 5.57 Å². The highest BCUT2D eigenvalue weighted by atomic mass is 35.5. The van der Waals surface area contributed by atoms with Crippen LogP contribution < -0.4 is 10.5 Å². The van der Waals surface area contributed by atoms with Crippen LogP contribution in [0.4, 0.5) is 0 Å². The first-order valence-corrected chi connectivity index (χ1v) is 8.19. The van der Waals surface area contributed by atoms with E-state index in [0.29, 0.717) is 10.9 Å². The molecule has 1 aromatic heterocycles. The number of nitrogens with zero attached hydrogens (tertiary/aromatic N) is 1. The summed E-state index contributed by atoms with van der Waals surface area (Å²) in [7, 11) is 0. The molecule has 126 valence electrons. The van der Waals surface area contributed by atoms with Gasteiger partial charge in [0.2, 0.25) is 5.88 Å². The molecule has 0 amide bonds. The van der Waals surface area contributed by atoms with Gasteiger partial charge in [0.25, 0.3) is 0 Å². The topological polar surface area (TPSA) is 84.2 Å². The second kappa shape index (κ2) is 5.86. The second-order valence-electron chi connectivity index (χ2n) is 5.98. The van der Waals surface area contributed by atoms with Gasteiger partial charge in [-0.1, -0.05) is 35.9 Å². The molecule has 1 aliphatic heterocycles. The first-order chi connectivity index (χ1) is 12.0. The average Bonchev–Trinajstić information content (AvgIpc) is 2.95. The van der Waals surface area contributed by atoms with Crippen molar-refractivity contribution in [3.8, 4) is 11.6 Å². The summed E-state index contributed by atoms with van der Waals surface area (Å²) in [6.07, 6.45) is 0. The largest absolute Gasteiger partial charge is 0.508 e. The van der Waals surface area contributed by atoms with Crippen molar-refractivity contribution in [3.63, 3.8) is 0 Å². The summed E-state index contributed by atoms with van der Waals surface area (Å²) in [6.45, 7) is 1.94. The van der Waals surface area contributed by atoms with E-state index in [1.54, 1.807) is 12.1 Å². The van der Waals surface area contributed by atoms with E-state index in [2.05, 4.69) is 10.2 Å². The lowest BCUT2D eigenvalue weighted by atomic mass is 9.80. The van der Waals surface area contributed by atoms with Gasteiger partial charge in [-0.2, -0.15) is 0 Å². The number of halogens is 1. The Balaban J connectivity index is 1.96. The van der Waals surface area contributed by atoms with Gasteiger partial charge in [0, 0.05) is 27.8 Å². The Kier molecular flexibility index (Phi) is 3.66. The maximum absolute atomic E-state index is 9.95. The fourth-order valence-electron chi connectivity index (χ4n) is 3.26. The summed E-state index contributed by atoms with van der Waals surface area (Å²) in [4.78, 5) is 0. The Hall–Kier alpha value is -2.92. The number of H-pyrrole nitrogens is 1. The highest BCUT2D eigenvalue weighted by molar-refractivity contribution is 6.30. The van der Waals surface area contributed by atoms with Crippen molar-refractivity contribution in [3.05, 3.63) is 81.8 Å². The normalized spacial score (nSPS) is 16.5. The molecule has 0 aliphatic carbocycles. The Morgan fingerprint density at radius 1 is 1.20 bits per heavy atom. The van der Waals surface area contributed by atoms with Crippen LogP contribution in [-0.4, -0.2) is 15.3 Å². The molecule has 1 atom stereocenters. The number of allylic oxidation sites excluding steroid dienone is 1. The van der Waals surface area contributed by atoms with Crippen LogP contribution in [-0.2, 0) is 0 Å². The van der Waals surface area contributed by atoms with Gasteiger partial charge in [0.15, 0.2) is 5.88 Å². The number of fused-ring (bicyclic) bond motifs is 1. The quantitative estimate of drug-likeness (QED) is 0.651. The van der Waals surface area contributed by atoms with Gasteiger partial charge in [0.05, 0.1) is 0 Å². The molecule has 0 bridgehead atoms. The predicted octanol–water partition coefficient (Wildman–Crippen LogP) is 3.93. The molecule has 6 heteroatoms. The van der Waals surface area contributed by atoms with Gasteiger partial charge < -0.3 is 15.6 Å². The van der Waals surface area contributed by atoms with Crippen molar-refractivity contribution in [1.29, 1.82) is 0 Å². The minimum absolute atomic E-state index is 0.195. The third-order valence-electron chi connectivity index (χ3n) is 4.37. The smallest absolute Gasteiger partial charge is 0.244 e. The molecule has 0 saturated heterocycles. The molecule has 4 rings (SSSR count). The Bertz CT molecular complexity index is 977. The summed E-state index contributed by atoms with van der Waals surface area (Å²) in [6, 6.07) is 14.6. The lowest BCUT2D eigenvalue weighted by molar-refractivity contribution is 0.389. The standard InChI is InChI=1S/C19H16ClN3O2/c1-10-15-16(12-3-2-4-14(24)9-12)17(11-5-7-13(20)8-6-11)18(21)25-19(15)23-22-10/h2-9,16,24H,21H2,1H3,(H,22,23). The molecular weight excluding hydrogens is 338 g/mol. The molecule has 0 spiro atoms. The van der Waals surface area contributed by atoms with Crippen LogP contribution in [0.1, 0.15) is 28.3 Å². The van der Waals surface area contributed by atoms with Gasteiger partial charge >= 0.3 is 0 Å². The number of phenolic OH excluding ortho intramolecular Hbond substituents is 1. The van der Waals surface area contributed by atoms with Gasteiger partial charge in [-0.3, -0.25) is 5.10 Å². The van der Waals surface area contributed by atoms with Crippen molar-refractivity contribution in [2.24, 2.45) is 5.73 Å². The van der Waals surface area contributed by atoms with E-state index < -0.39 is 0 Å². The Labute approximate surface area is 149 Å². The first kappa shape index (κ1) is 15.6. The van der Waals surface area contributed by atoms with Crippen LogP contribution in [0.2, 0.25) is 5.02 Å². The highest BCUT2D eigenvalue weighted by Gasteiger charge is 2.34. The minimum atomic E-state index is -0.212. The average molecular weight is 354 g/mol. The summed E-state index contributed by atoms with van der Waals surface area (Å²) >= 11 is 6.02. The molecule has 3 aromatic rings. The molecule has 2 aromatic carbocycles. The van der Waals surface area contributed by atoms with Crippen LogP contribution in [0.5, 0.6) is 11.6 Å². The number of ether oxygens (including phenoxy) is 1. The van der Waals surface area contributed by atoms with E-state index in [0.717, 1.165) is 28.0 Å². The molecule has 0 radical (unpaired) electrons. The van der Waals surface area contributed by atoms with Crippen LogP contribution in [0.3, 0.4) is 0 Å². The van der Waals surface area contributed by atoms with Gasteiger partial charge in [-0.25, -0.2) is 0 Å². The molecule has 5 nitrogen and oxygen atoms in total. The summed E-state index contributed by atoms with van der Waals surface area (Å²) in [5.74, 6) is 0.729. The zero-order valence-electron chi connectivity index (χ0n) is 13.5. The van der Waals surface area contributed by atoms with Gasteiger partial charge in [0.1, 0.15) is 5.75 Å². The number of aromatic hydroxyl groups is 1. The van der Waals surface area contributed by atoms with Crippen LogP contribution in [0.15, 0.2) is 54.4 Å². The lowest BCUT2D eigenvalue weighted by Gasteiger charge is -2.27. The van der Waals surface area contributed by atoms with Crippen molar-refractivity contribution >= 4 is 17.2 Å². The number of rotatable bonds is 2.